The summed E-state index contributed by atoms with van der Waals surface area (Å²) in [7, 11) is 0. The summed E-state index contributed by atoms with van der Waals surface area (Å²) in [6.07, 6.45) is 0.809. The lowest BCUT2D eigenvalue weighted by atomic mass is 10.1. The molecule has 0 saturated heterocycles. The monoisotopic (exact) mass is 398 g/mol. The number of halogens is 4. The minimum atomic E-state index is -0.882. The molecule has 19 heavy (non-hydrogen) atoms. The van der Waals surface area contributed by atoms with E-state index in [-0.39, 0.29) is 22.0 Å². The van der Waals surface area contributed by atoms with Crippen molar-refractivity contribution in [2.75, 3.05) is 6.61 Å². The molecule has 0 N–H and O–H groups in total. The SMILES string of the molecule is CCOC(=O)CCC(Br)C(Br)c1ccc(F)c(F)c1. The second-order valence-electron chi connectivity index (χ2n) is 3.94. The van der Waals surface area contributed by atoms with Gasteiger partial charge in [0.05, 0.1) is 11.4 Å². The van der Waals surface area contributed by atoms with E-state index < -0.39 is 11.6 Å². The molecule has 0 radical (unpaired) electrons. The number of esters is 1. The van der Waals surface area contributed by atoms with E-state index in [0.29, 0.717) is 18.6 Å². The molecule has 0 aliphatic rings. The molecule has 0 fully saturated rings. The smallest absolute Gasteiger partial charge is 0.305 e. The lowest BCUT2D eigenvalue weighted by Gasteiger charge is -2.17. The predicted octanol–water partition coefficient (Wildman–Crippen LogP) is 4.51. The molecule has 0 amide bonds. The Hall–Kier alpha value is -0.490. The third-order valence-electron chi connectivity index (χ3n) is 2.51. The molecular formula is C13H14Br2F2O2. The van der Waals surface area contributed by atoms with E-state index in [2.05, 4.69) is 31.9 Å². The summed E-state index contributed by atoms with van der Waals surface area (Å²) in [5.74, 6) is -2.02. The molecule has 2 nitrogen and oxygen atoms in total. The van der Waals surface area contributed by atoms with Gasteiger partial charge in [0.2, 0.25) is 0 Å². The molecule has 2 unspecified atom stereocenters. The standard InChI is InChI=1S/C13H14Br2F2O2/c1-2-19-12(18)6-4-9(14)13(15)8-3-5-10(16)11(17)7-8/h3,5,7,9,13H,2,4,6H2,1H3. The first-order chi connectivity index (χ1) is 8.95. The van der Waals surface area contributed by atoms with Crippen LogP contribution in [0.1, 0.15) is 30.2 Å². The Kier molecular flexibility index (Phi) is 6.93. The minimum Gasteiger partial charge on any atom is -0.466 e. The van der Waals surface area contributed by atoms with E-state index in [4.69, 9.17) is 4.74 Å². The van der Waals surface area contributed by atoms with Gasteiger partial charge in [-0.25, -0.2) is 8.78 Å². The Morgan fingerprint density at radius 2 is 2.00 bits per heavy atom. The van der Waals surface area contributed by atoms with Crippen LogP contribution in [0.3, 0.4) is 0 Å². The first-order valence-electron chi connectivity index (χ1n) is 5.84. The Bertz CT molecular complexity index is 441. The van der Waals surface area contributed by atoms with Crippen molar-refractivity contribution in [3.8, 4) is 0 Å². The summed E-state index contributed by atoms with van der Waals surface area (Å²) in [5.41, 5.74) is 0.615. The highest BCUT2D eigenvalue weighted by molar-refractivity contribution is 9.12. The van der Waals surface area contributed by atoms with Crippen molar-refractivity contribution < 1.29 is 18.3 Å². The van der Waals surface area contributed by atoms with Crippen molar-refractivity contribution in [2.24, 2.45) is 0 Å². The molecule has 0 heterocycles. The van der Waals surface area contributed by atoms with Crippen LogP contribution in [0.5, 0.6) is 0 Å². The van der Waals surface area contributed by atoms with Crippen LogP contribution in [0.25, 0.3) is 0 Å². The zero-order valence-electron chi connectivity index (χ0n) is 10.3. The summed E-state index contributed by atoms with van der Waals surface area (Å²) >= 11 is 6.84. The largest absolute Gasteiger partial charge is 0.466 e. The third-order valence-corrected chi connectivity index (χ3v) is 5.37. The number of carbonyl (C=O) groups is 1. The van der Waals surface area contributed by atoms with Gasteiger partial charge >= 0.3 is 5.97 Å². The average molecular weight is 400 g/mol. The molecule has 0 bridgehead atoms. The topological polar surface area (TPSA) is 26.3 Å². The highest BCUT2D eigenvalue weighted by Crippen LogP contribution is 2.34. The van der Waals surface area contributed by atoms with Crippen molar-refractivity contribution in [3.63, 3.8) is 0 Å². The van der Waals surface area contributed by atoms with Gasteiger partial charge in [-0.2, -0.15) is 0 Å². The maximum absolute atomic E-state index is 13.1. The van der Waals surface area contributed by atoms with Crippen LogP contribution in [0.4, 0.5) is 8.78 Å². The highest BCUT2D eigenvalue weighted by atomic mass is 79.9. The van der Waals surface area contributed by atoms with Gasteiger partial charge in [-0.1, -0.05) is 37.9 Å². The maximum Gasteiger partial charge on any atom is 0.305 e. The van der Waals surface area contributed by atoms with Crippen molar-refractivity contribution in [3.05, 3.63) is 35.4 Å². The molecule has 0 spiro atoms. The number of benzene rings is 1. The first kappa shape index (κ1) is 16.6. The highest BCUT2D eigenvalue weighted by Gasteiger charge is 2.20. The Morgan fingerprint density at radius 1 is 1.32 bits per heavy atom. The zero-order chi connectivity index (χ0) is 14.4. The van der Waals surface area contributed by atoms with Gasteiger partial charge < -0.3 is 4.74 Å². The average Bonchev–Trinajstić information content (AvgIpc) is 2.38. The normalized spacial score (nSPS) is 13.9. The molecule has 1 aromatic carbocycles. The Labute approximate surface area is 127 Å². The van der Waals surface area contributed by atoms with Crippen LogP contribution in [0.15, 0.2) is 18.2 Å². The first-order valence-corrected chi connectivity index (χ1v) is 7.67. The van der Waals surface area contributed by atoms with Crippen molar-refractivity contribution in [1.82, 2.24) is 0 Å². The van der Waals surface area contributed by atoms with Gasteiger partial charge in [0, 0.05) is 11.2 Å². The van der Waals surface area contributed by atoms with E-state index in [1.54, 1.807) is 6.92 Å². The second-order valence-corrected chi connectivity index (χ2v) is 6.10. The van der Waals surface area contributed by atoms with Crippen LogP contribution in [-0.2, 0) is 9.53 Å². The summed E-state index contributed by atoms with van der Waals surface area (Å²) in [6, 6.07) is 3.74. The molecule has 0 aromatic heterocycles. The fourth-order valence-electron chi connectivity index (χ4n) is 1.53. The van der Waals surface area contributed by atoms with Gasteiger partial charge in [-0.15, -0.1) is 0 Å². The zero-order valence-corrected chi connectivity index (χ0v) is 13.5. The summed E-state index contributed by atoms with van der Waals surface area (Å²) < 4.78 is 30.8. The predicted molar refractivity (Wildman–Crippen MR) is 76.6 cm³/mol. The fraction of sp³-hybridized carbons (Fsp3) is 0.462. The fourth-order valence-corrected chi connectivity index (χ4v) is 2.61. The number of hydrogen-bond acceptors (Lipinski definition) is 2. The maximum atomic E-state index is 13.1. The van der Waals surface area contributed by atoms with E-state index >= 15 is 0 Å². The van der Waals surface area contributed by atoms with Crippen LogP contribution in [0.2, 0.25) is 0 Å². The van der Waals surface area contributed by atoms with Gasteiger partial charge in [-0.3, -0.25) is 4.79 Å². The second kappa shape index (κ2) is 7.94. The Balaban J connectivity index is 2.58. The van der Waals surface area contributed by atoms with Crippen molar-refractivity contribution in [2.45, 2.75) is 29.4 Å². The lowest BCUT2D eigenvalue weighted by Crippen LogP contribution is -2.11. The molecule has 0 aliphatic carbocycles. The van der Waals surface area contributed by atoms with E-state index in [0.717, 1.165) is 12.1 Å². The van der Waals surface area contributed by atoms with Crippen LogP contribution >= 0.6 is 31.9 Å². The summed E-state index contributed by atoms with van der Waals surface area (Å²) in [5, 5.41) is 0. The molecule has 1 aromatic rings. The quantitative estimate of drug-likeness (QED) is 0.519. The molecule has 2 atom stereocenters. The molecule has 6 heteroatoms. The van der Waals surface area contributed by atoms with Crippen LogP contribution < -0.4 is 0 Å². The van der Waals surface area contributed by atoms with Crippen molar-refractivity contribution >= 4 is 37.8 Å². The van der Waals surface area contributed by atoms with Crippen LogP contribution in [0, 0.1) is 11.6 Å². The van der Waals surface area contributed by atoms with Gasteiger partial charge in [-0.05, 0) is 31.0 Å². The number of ether oxygens (including phenoxy) is 1. The molecule has 0 aliphatic heterocycles. The number of carbonyl (C=O) groups excluding carboxylic acids is 1. The lowest BCUT2D eigenvalue weighted by molar-refractivity contribution is -0.143. The molecular weight excluding hydrogens is 386 g/mol. The summed E-state index contributed by atoms with van der Waals surface area (Å²) in [6.45, 7) is 2.10. The third kappa shape index (κ3) is 5.18. The number of rotatable bonds is 6. The minimum absolute atomic E-state index is 0.0817. The number of hydrogen-bond donors (Lipinski definition) is 0. The van der Waals surface area contributed by atoms with Crippen LogP contribution in [-0.4, -0.2) is 17.4 Å². The molecule has 0 saturated carbocycles. The van der Waals surface area contributed by atoms with Gasteiger partial charge in [0.25, 0.3) is 0 Å². The summed E-state index contributed by atoms with van der Waals surface area (Å²) in [4.78, 5) is 10.9. The molecule has 1 rings (SSSR count). The Morgan fingerprint density at radius 3 is 2.58 bits per heavy atom. The number of alkyl halides is 2. The van der Waals surface area contributed by atoms with E-state index in [1.165, 1.54) is 6.07 Å². The molecule has 106 valence electrons. The van der Waals surface area contributed by atoms with E-state index in [1.807, 2.05) is 0 Å². The van der Waals surface area contributed by atoms with Crippen molar-refractivity contribution in [1.29, 1.82) is 0 Å². The van der Waals surface area contributed by atoms with Gasteiger partial charge in [0.1, 0.15) is 0 Å². The van der Waals surface area contributed by atoms with Gasteiger partial charge in [0.15, 0.2) is 11.6 Å². The van der Waals surface area contributed by atoms with E-state index in [9.17, 15) is 13.6 Å².